The summed E-state index contributed by atoms with van der Waals surface area (Å²) in [5.41, 5.74) is 1.03. The summed E-state index contributed by atoms with van der Waals surface area (Å²) in [5.74, 6) is -3.69. The van der Waals surface area contributed by atoms with Gasteiger partial charge in [0.05, 0.1) is 11.1 Å². The fourth-order valence-electron chi connectivity index (χ4n) is 6.15. The Morgan fingerprint density at radius 3 is 2.46 bits per heavy atom. The van der Waals surface area contributed by atoms with Gasteiger partial charge in [0.1, 0.15) is 11.5 Å². The first-order valence-electron chi connectivity index (χ1n) is 12.0. The standard InChI is InChI=1S/C29H28O6/c1-3-21(30)23-15(2)11-19-13-18-14-20-17(12-16-7-5-4-6-8-16)9-10-22(31)25(20)26(32)24(18)28(34)29(19,35)27(23)33/h4-10,18-19,31,34-35H,3,11-14H2,1-2H3. The molecule has 0 radical (unpaired) electrons. The number of Topliss-reactive ketones (excluding diaryl/α,β-unsaturated/α-hetero) is 3. The van der Waals surface area contributed by atoms with Crippen LogP contribution >= 0.6 is 0 Å². The predicted octanol–water partition coefficient (Wildman–Crippen LogP) is 4.17. The zero-order chi connectivity index (χ0) is 25.1. The van der Waals surface area contributed by atoms with E-state index in [0.29, 0.717) is 24.8 Å². The van der Waals surface area contributed by atoms with Gasteiger partial charge in [-0.05, 0) is 61.3 Å². The van der Waals surface area contributed by atoms with Crippen molar-refractivity contribution in [1.82, 2.24) is 0 Å². The lowest BCUT2D eigenvalue weighted by atomic mass is 9.59. The van der Waals surface area contributed by atoms with E-state index >= 15 is 0 Å². The molecule has 0 saturated carbocycles. The van der Waals surface area contributed by atoms with Crippen LogP contribution < -0.4 is 0 Å². The van der Waals surface area contributed by atoms with Crippen molar-refractivity contribution in [3.63, 3.8) is 0 Å². The third kappa shape index (κ3) is 3.39. The number of phenols is 1. The first-order valence-corrected chi connectivity index (χ1v) is 12.0. The lowest BCUT2D eigenvalue weighted by molar-refractivity contribution is -0.143. The molecular formula is C29H28O6. The highest BCUT2D eigenvalue weighted by Crippen LogP contribution is 2.52. The van der Waals surface area contributed by atoms with E-state index in [1.54, 1.807) is 13.8 Å². The Morgan fingerprint density at radius 1 is 1.06 bits per heavy atom. The molecule has 0 saturated heterocycles. The highest BCUT2D eigenvalue weighted by Gasteiger charge is 2.58. The molecule has 2 aromatic carbocycles. The highest BCUT2D eigenvalue weighted by atomic mass is 16.3. The van der Waals surface area contributed by atoms with E-state index in [-0.39, 0.29) is 41.1 Å². The molecule has 0 amide bonds. The third-order valence-corrected chi connectivity index (χ3v) is 7.88. The molecule has 3 aliphatic rings. The van der Waals surface area contributed by atoms with E-state index in [1.165, 1.54) is 6.07 Å². The Balaban J connectivity index is 1.62. The van der Waals surface area contributed by atoms with E-state index in [4.69, 9.17) is 0 Å². The predicted molar refractivity (Wildman–Crippen MR) is 129 cm³/mol. The summed E-state index contributed by atoms with van der Waals surface area (Å²) in [6, 6.07) is 13.1. The second kappa shape index (κ2) is 8.31. The van der Waals surface area contributed by atoms with E-state index in [2.05, 4.69) is 0 Å². The molecule has 3 atom stereocenters. The molecule has 3 N–H and O–H groups in total. The molecule has 0 heterocycles. The summed E-state index contributed by atoms with van der Waals surface area (Å²) in [5, 5.41) is 33.4. The zero-order valence-electron chi connectivity index (χ0n) is 19.8. The van der Waals surface area contributed by atoms with Gasteiger partial charge in [-0.25, -0.2) is 0 Å². The Morgan fingerprint density at radius 2 is 1.77 bits per heavy atom. The Labute approximate surface area is 203 Å². The Hall–Kier alpha value is -3.51. The fraction of sp³-hybridized carbons (Fsp3) is 0.345. The Bertz CT molecular complexity index is 1330. The number of phenolic OH excluding ortho intramolecular Hbond substituents is 1. The molecule has 0 spiro atoms. The van der Waals surface area contributed by atoms with Gasteiger partial charge in [0.25, 0.3) is 0 Å². The molecule has 0 bridgehead atoms. The number of hydrogen-bond donors (Lipinski definition) is 3. The molecule has 35 heavy (non-hydrogen) atoms. The van der Waals surface area contributed by atoms with E-state index in [1.807, 2.05) is 36.4 Å². The van der Waals surface area contributed by atoms with Crippen LogP contribution in [0.2, 0.25) is 0 Å². The van der Waals surface area contributed by atoms with Crippen molar-refractivity contribution in [3.8, 4) is 5.75 Å². The summed E-state index contributed by atoms with van der Waals surface area (Å²) in [6.45, 7) is 3.35. The fourth-order valence-corrected chi connectivity index (χ4v) is 6.15. The average Bonchev–Trinajstić information content (AvgIpc) is 2.83. The van der Waals surface area contributed by atoms with Crippen molar-refractivity contribution < 1.29 is 29.7 Å². The first-order chi connectivity index (χ1) is 16.7. The number of benzene rings is 2. The number of fused-ring (bicyclic) bond motifs is 3. The van der Waals surface area contributed by atoms with Crippen LogP contribution in [0.15, 0.2) is 64.9 Å². The zero-order valence-corrected chi connectivity index (χ0v) is 19.8. The van der Waals surface area contributed by atoms with Crippen LogP contribution in [0.3, 0.4) is 0 Å². The van der Waals surface area contributed by atoms with Gasteiger partial charge in [0.2, 0.25) is 5.78 Å². The van der Waals surface area contributed by atoms with Crippen LogP contribution in [-0.4, -0.2) is 38.3 Å². The largest absolute Gasteiger partial charge is 0.508 e. The molecule has 0 aromatic heterocycles. The minimum Gasteiger partial charge on any atom is -0.508 e. The number of carbonyl (C=O) groups is 3. The van der Waals surface area contributed by atoms with E-state index < -0.39 is 34.8 Å². The van der Waals surface area contributed by atoms with Crippen LogP contribution in [-0.2, 0) is 22.4 Å². The number of aliphatic hydroxyl groups excluding tert-OH is 1. The smallest absolute Gasteiger partial charge is 0.205 e. The number of hydrogen-bond acceptors (Lipinski definition) is 6. The second-order valence-electron chi connectivity index (χ2n) is 9.92. The molecule has 2 aromatic rings. The number of rotatable bonds is 4. The Kier molecular flexibility index (Phi) is 5.52. The first kappa shape index (κ1) is 23.2. The number of allylic oxidation sites excluding steroid dienone is 2. The number of aromatic hydroxyl groups is 1. The number of aliphatic hydroxyl groups is 2. The van der Waals surface area contributed by atoms with Crippen molar-refractivity contribution in [2.75, 3.05) is 0 Å². The quantitative estimate of drug-likeness (QED) is 0.576. The van der Waals surface area contributed by atoms with Crippen LogP contribution in [0.1, 0.15) is 60.2 Å². The number of ketones is 3. The summed E-state index contributed by atoms with van der Waals surface area (Å²) in [6.07, 6.45) is 1.70. The summed E-state index contributed by atoms with van der Waals surface area (Å²) in [7, 11) is 0. The molecule has 180 valence electrons. The maximum atomic E-state index is 13.7. The SMILES string of the molecule is CCC(=O)C1=C(C)CC2CC3Cc4c(Cc5ccccc5)ccc(O)c4C(=O)C3=C(O)C2(O)C1=O. The van der Waals surface area contributed by atoms with E-state index in [9.17, 15) is 29.7 Å². The van der Waals surface area contributed by atoms with Crippen molar-refractivity contribution in [2.24, 2.45) is 11.8 Å². The van der Waals surface area contributed by atoms with Crippen molar-refractivity contribution in [2.45, 2.75) is 51.6 Å². The summed E-state index contributed by atoms with van der Waals surface area (Å²) in [4.78, 5) is 39.5. The minimum atomic E-state index is -2.31. The normalized spacial score (nSPS) is 25.8. The molecule has 6 nitrogen and oxygen atoms in total. The van der Waals surface area contributed by atoms with Crippen LogP contribution in [0, 0.1) is 11.8 Å². The molecule has 3 unspecified atom stereocenters. The van der Waals surface area contributed by atoms with Gasteiger partial charge in [-0.15, -0.1) is 0 Å². The van der Waals surface area contributed by atoms with Gasteiger partial charge in [0, 0.05) is 17.9 Å². The van der Waals surface area contributed by atoms with Gasteiger partial charge < -0.3 is 15.3 Å². The summed E-state index contributed by atoms with van der Waals surface area (Å²) < 4.78 is 0. The molecular weight excluding hydrogens is 444 g/mol. The maximum Gasteiger partial charge on any atom is 0.205 e. The minimum absolute atomic E-state index is 0.0281. The maximum absolute atomic E-state index is 13.7. The molecule has 0 fully saturated rings. The molecule has 0 aliphatic heterocycles. The molecule has 6 heteroatoms. The average molecular weight is 473 g/mol. The van der Waals surface area contributed by atoms with Crippen LogP contribution in [0.25, 0.3) is 0 Å². The topological polar surface area (TPSA) is 112 Å². The van der Waals surface area contributed by atoms with Gasteiger partial charge in [0.15, 0.2) is 17.2 Å². The van der Waals surface area contributed by atoms with Crippen LogP contribution in [0.5, 0.6) is 5.75 Å². The van der Waals surface area contributed by atoms with Gasteiger partial charge >= 0.3 is 0 Å². The van der Waals surface area contributed by atoms with E-state index in [0.717, 1.165) is 16.7 Å². The lowest BCUT2D eigenvalue weighted by Crippen LogP contribution is -2.56. The van der Waals surface area contributed by atoms with Crippen molar-refractivity contribution >= 4 is 17.3 Å². The molecule has 5 rings (SSSR count). The third-order valence-electron chi connectivity index (χ3n) is 7.88. The number of carbonyl (C=O) groups excluding carboxylic acids is 3. The van der Waals surface area contributed by atoms with Gasteiger partial charge in [-0.3, -0.25) is 14.4 Å². The second-order valence-corrected chi connectivity index (χ2v) is 9.92. The highest BCUT2D eigenvalue weighted by molar-refractivity contribution is 6.25. The van der Waals surface area contributed by atoms with Crippen molar-refractivity contribution in [3.05, 3.63) is 87.2 Å². The van der Waals surface area contributed by atoms with Crippen LogP contribution in [0.4, 0.5) is 0 Å². The monoisotopic (exact) mass is 472 g/mol. The van der Waals surface area contributed by atoms with Gasteiger partial charge in [-0.2, -0.15) is 0 Å². The van der Waals surface area contributed by atoms with Crippen molar-refractivity contribution in [1.29, 1.82) is 0 Å². The summed E-state index contributed by atoms with van der Waals surface area (Å²) >= 11 is 0. The van der Waals surface area contributed by atoms with Gasteiger partial charge in [-0.1, -0.05) is 48.9 Å². The lowest BCUT2D eigenvalue weighted by Gasteiger charge is -2.46. The molecule has 3 aliphatic carbocycles.